The number of hydrogen-bond donors (Lipinski definition) is 1. The Labute approximate surface area is 114 Å². The van der Waals surface area contributed by atoms with Crippen molar-refractivity contribution >= 4 is 5.82 Å². The van der Waals surface area contributed by atoms with E-state index >= 15 is 0 Å². The monoisotopic (exact) mass is 259 g/mol. The van der Waals surface area contributed by atoms with Gasteiger partial charge in [0.1, 0.15) is 11.4 Å². The first-order valence-corrected chi connectivity index (χ1v) is 7.22. The first-order valence-electron chi connectivity index (χ1n) is 7.22. The SMILES string of the molecule is C[C@@H]1CNC[C@H]2Cc3cc4c(nc3N21)C(C)(C)OC4. The summed E-state index contributed by atoms with van der Waals surface area (Å²) in [5.74, 6) is 1.20. The van der Waals surface area contributed by atoms with Crippen LogP contribution in [0.4, 0.5) is 5.82 Å². The number of aromatic nitrogens is 1. The Hall–Kier alpha value is -1.13. The molecule has 0 aromatic carbocycles. The number of ether oxygens (including phenoxy) is 1. The van der Waals surface area contributed by atoms with Crippen molar-refractivity contribution in [2.45, 2.75) is 51.5 Å². The molecule has 1 aromatic rings. The highest BCUT2D eigenvalue weighted by Crippen LogP contribution is 2.41. The molecule has 0 bridgehead atoms. The topological polar surface area (TPSA) is 37.4 Å². The molecule has 102 valence electrons. The van der Waals surface area contributed by atoms with Crippen LogP contribution in [0.3, 0.4) is 0 Å². The maximum Gasteiger partial charge on any atom is 0.132 e. The van der Waals surface area contributed by atoms with Gasteiger partial charge in [0.05, 0.1) is 12.3 Å². The van der Waals surface area contributed by atoms with E-state index in [1.807, 2.05) is 0 Å². The summed E-state index contributed by atoms with van der Waals surface area (Å²) in [4.78, 5) is 7.51. The highest BCUT2D eigenvalue weighted by molar-refractivity contribution is 5.58. The molecule has 0 aliphatic carbocycles. The number of nitrogens with one attached hydrogen (secondary N) is 1. The zero-order chi connectivity index (χ0) is 13.2. The maximum absolute atomic E-state index is 5.86. The Morgan fingerprint density at radius 3 is 3.05 bits per heavy atom. The molecule has 4 nitrogen and oxygen atoms in total. The smallest absolute Gasteiger partial charge is 0.132 e. The molecule has 1 fully saturated rings. The van der Waals surface area contributed by atoms with Crippen LogP contribution in [0.25, 0.3) is 0 Å². The van der Waals surface area contributed by atoms with Crippen LogP contribution in [0.15, 0.2) is 6.07 Å². The third-order valence-corrected chi connectivity index (χ3v) is 4.70. The second-order valence-corrected chi connectivity index (χ2v) is 6.55. The molecule has 1 aromatic heterocycles. The number of rotatable bonds is 0. The minimum absolute atomic E-state index is 0.236. The summed E-state index contributed by atoms with van der Waals surface area (Å²) in [6.45, 7) is 9.35. The van der Waals surface area contributed by atoms with Crippen molar-refractivity contribution in [2.24, 2.45) is 0 Å². The van der Waals surface area contributed by atoms with Gasteiger partial charge >= 0.3 is 0 Å². The van der Waals surface area contributed by atoms with E-state index in [0.29, 0.717) is 18.7 Å². The molecule has 1 saturated heterocycles. The standard InChI is InChI=1S/C15H21N3O/c1-9-6-16-7-12-5-10-4-11-8-19-15(2,3)13(11)17-14(10)18(9)12/h4,9,12,16H,5-8H2,1-3H3/t9-,12-/m1/s1. The Morgan fingerprint density at radius 2 is 2.21 bits per heavy atom. The second kappa shape index (κ2) is 3.70. The van der Waals surface area contributed by atoms with Gasteiger partial charge in [-0.1, -0.05) is 0 Å². The lowest BCUT2D eigenvalue weighted by Gasteiger charge is -2.38. The number of piperazine rings is 1. The summed E-state index contributed by atoms with van der Waals surface area (Å²) in [5.41, 5.74) is 3.59. The molecule has 4 heterocycles. The van der Waals surface area contributed by atoms with E-state index in [1.54, 1.807) is 0 Å². The molecule has 1 N–H and O–H groups in total. The molecule has 3 aliphatic rings. The Bertz CT molecular complexity index is 540. The van der Waals surface area contributed by atoms with Crippen LogP contribution >= 0.6 is 0 Å². The lowest BCUT2D eigenvalue weighted by Crippen LogP contribution is -2.55. The van der Waals surface area contributed by atoms with Crippen molar-refractivity contribution in [1.82, 2.24) is 10.3 Å². The van der Waals surface area contributed by atoms with E-state index in [4.69, 9.17) is 9.72 Å². The van der Waals surface area contributed by atoms with Crippen molar-refractivity contribution < 1.29 is 4.74 Å². The highest BCUT2D eigenvalue weighted by atomic mass is 16.5. The Balaban J connectivity index is 1.83. The van der Waals surface area contributed by atoms with Crippen molar-refractivity contribution in [2.75, 3.05) is 18.0 Å². The van der Waals surface area contributed by atoms with Crippen molar-refractivity contribution in [1.29, 1.82) is 0 Å². The first-order chi connectivity index (χ1) is 9.06. The van der Waals surface area contributed by atoms with Gasteiger partial charge in [-0.25, -0.2) is 4.98 Å². The molecule has 0 saturated carbocycles. The molecule has 0 spiro atoms. The minimum atomic E-state index is -0.236. The van der Waals surface area contributed by atoms with Crippen LogP contribution in [0.5, 0.6) is 0 Å². The number of pyridine rings is 1. The normalized spacial score (nSPS) is 31.0. The van der Waals surface area contributed by atoms with Crippen LogP contribution in [0.2, 0.25) is 0 Å². The Morgan fingerprint density at radius 1 is 1.37 bits per heavy atom. The zero-order valence-electron chi connectivity index (χ0n) is 11.9. The van der Waals surface area contributed by atoms with Gasteiger partial charge in [-0.2, -0.15) is 0 Å². The number of fused-ring (bicyclic) bond motifs is 4. The van der Waals surface area contributed by atoms with E-state index in [-0.39, 0.29) is 5.60 Å². The van der Waals surface area contributed by atoms with Gasteiger partial charge in [-0.3, -0.25) is 0 Å². The summed E-state index contributed by atoms with van der Waals surface area (Å²) >= 11 is 0. The van der Waals surface area contributed by atoms with Crippen LogP contribution in [0.1, 0.15) is 37.6 Å². The molecule has 4 heteroatoms. The van der Waals surface area contributed by atoms with E-state index < -0.39 is 0 Å². The fraction of sp³-hybridized carbons (Fsp3) is 0.667. The molecule has 0 unspecified atom stereocenters. The molecule has 19 heavy (non-hydrogen) atoms. The van der Waals surface area contributed by atoms with Crippen molar-refractivity contribution in [3.8, 4) is 0 Å². The fourth-order valence-electron chi connectivity index (χ4n) is 3.75. The molecule has 0 amide bonds. The summed E-state index contributed by atoms with van der Waals surface area (Å²) < 4.78 is 5.86. The van der Waals surface area contributed by atoms with Crippen LogP contribution in [-0.4, -0.2) is 30.2 Å². The highest BCUT2D eigenvalue weighted by Gasteiger charge is 2.40. The third kappa shape index (κ3) is 1.56. The summed E-state index contributed by atoms with van der Waals surface area (Å²) in [7, 11) is 0. The van der Waals surface area contributed by atoms with Crippen LogP contribution in [0, 0.1) is 0 Å². The van der Waals surface area contributed by atoms with Gasteiger partial charge in [-0.05, 0) is 38.8 Å². The number of anilines is 1. The van der Waals surface area contributed by atoms with Crippen LogP contribution in [-0.2, 0) is 23.4 Å². The van der Waals surface area contributed by atoms with Crippen molar-refractivity contribution in [3.05, 3.63) is 22.9 Å². The summed E-state index contributed by atoms with van der Waals surface area (Å²) in [6.07, 6.45) is 1.12. The predicted molar refractivity (Wildman–Crippen MR) is 74.4 cm³/mol. The van der Waals surface area contributed by atoms with Crippen LogP contribution < -0.4 is 10.2 Å². The zero-order valence-corrected chi connectivity index (χ0v) is 11.9. The number of nitrogens with zero attached hydrogens (tertiary/aromatic N) is 2. The van der Waals surface area contributed by atoms with E-state index in [9.17, 15) is 0 Å². The minimum Gasteiger partial charge on any atom is -0.365 e. The maximum atomic E-state index is 5.86. The van der Waals surface area contributed by atoms with E-state index in [0.717, 1.165) is 25.2 Å². The average molecular weight is 259 g/mol. The van der Waals surface area contributed by atoms with Gasteiger partial charge in [0, 0.05) is 30.7 Å². The molecule has 2 atom stereocenters. The quantitative estimate of drug-likeness (QED) is 0.767. The molecular formula is C15H21N3O. The van der Waals surface area contributed by atoms with Gasteiger partial charge in [-0.15, -0.1) is 0 Å². The van der Waals surface area contributed by atoms with Gasteiger partial charge < -0.3 is 15.0 Å². The molecule has 3 aliphatic heterocycles. The van der Waals surface area contributed by atoms with E-state index in [1.165, 1.54) is 16.9 Å². The van der Waals surface area contributed by atoms with Gasteiger partial charge in [0.15, 0.2) is 0 Å². The Kier molecular flexibility index (Phi) is 2.28. The lowest BCUT2D eigenvalue weighted by atomic mass is 10.0. The van der Waals surface area contributed by atoms with Gasteiger partial charge in [0.2, 0.25) is 0 Å². The van der Waals surface area contributed by atoms with Crippen molar-refractivity contribution in [3.63, 3.8) is 0 Å². The average Bonchev–Trinajstić information content (AvgIpc) is 2.86. The third-order valence-electron chi connectivity index (χ3n) is 4.70. The fourth-order valence-corrected chi connectivity index (χ4v) is 3.75. The first kappa shape index (κ1) is 11.7. The van der Waals surface area contributed by atoms with E-state index in [2.05, 4.69) is 37.1 Å². The second-order valence-electron chi connectivity index (χ2n) is 6.55. The number of hydrogen-bond acceptors (Lipinski definition) is 4. The largest absolute Gasteiger partial charge is 0.365 e. The predicted octanol–water partition coefficient (Wildman–Crippen LogP) is 1.57. The molecular weight excluding hydrogens is 238 g/mol. The lowest BCUT2D eigenvalue weighted by molar-refractivity contribution is -0.0101. The molecule has 4 rings (SSSR count). The van der Waals surface area contributed by atoms with Gasteiger partial charge in [0.25, 0.3) is 0 Å². The molecule has 0 radical (unpaired) electrons. The summed E-state index contributed by atoms with van der Waals surface area (Å²) in [6, 6.07) is 3.44. The summed E-state index contributed by atoms with van der Waals surface area (Å²) in [5, 5.41) is 3.52.